The van der Waals surface area contributed by atoms with Crippen LogP contribution < -0.4 is 15.0 Å². The summed E-state index contributed by atoms with van der Waals surface area (Å²) in [5.74, 6) is -0.505. The summed E-state index contributed by atoms with van der Waals surface area (Å²) in [5.41, 5.74) is 5.35. The number of nitrogens with zero attached hydrogens (tertiary/aromatic N) is 2. The Morgan fingerprint density at radius 2 is 1.82 bits per heavy atom. The highest BCUT2D eigenvalue weighted by Gasteiger charge is 2.31. The van der Waals surface area contributed by atoms with E-state index in [0.29, 0.717) is 16.8 Å². The van der Waals surface area contributed by atoms with Crippen molar-refractivity contribution in [2.24, 2.45) is 0 Å². The van der Waals surface area contributed by atoms with Crippen molar-refractivity contribution in [2.75, 3.05) is 17.3 Å². The van der Waals surface area contributed by atoms with Crippen LogP contribution >= 0.6 is 0 Å². The number of hydrogen-bond donors (Lipinski definition) is 2. The second-order valence-corrected chi connectivity index (χ2v) is 8.66. The molecular formula is C29H23F3N4O2. The molecule has 2 heterocycles. The number of fused-ring (bicyclic) bond motifs is 1. The van der Waals surface area contributed by atoms with Crippen LogP contribution in [0.4, 0.5) is 30.2 Å². The maximum atomic E-state index is 12.9. The fraction of sp³-hybridized carbons (Fsp3) is 0.103. The van der Waals surface area contributed by atoms with Gasteiger partial charge in [0.05, 0.1) is 18.3 Å². The zero-order valence-electron chi connectivity index (χ0n) is 20.3. The molecule has 0 bridgehead atoms. The number of nitrogens with one attached hydrogen (secondary N) is 2. The van der Waals surface area contributed by atoms with Crippen LogP contribution in [0, 0.1) is 0 Å². The number of aromatic nitrogens is 2. The van der Waals surface area contributed by atoms with E-state index in [9.17, 15) is 18.0 Å². The van der Waals surface area contributed by atoms with Gasteiger partial charge in [0, 0.05) is 47.3 Å². The molecule has 5 rings (SSSR count). The second kappa shape index (κ2) is 10.3. The molecule has 0 aliphatic heterocycles. The van der Waals surface area contributed by atoms with E-state index in [1.165, 1.54) is 12.1 Å². The third-order valence-corrected chi connectivity index (χ3v) is 6.10. The van der Waals surface area contributed by atoms with Crippen molar-refractivity contribution >= 4 is 33.9 Å². The number of amides is 1. The maximum absolute atomic E-state index is 12.9. The Hall–Kier alpha value is -4.79. The fourth-order valence-corrected chi connectivity index (χ4v) is 4.32. The van der Waals surface area contributed by atoms with Crippen molar-refractivity contribution in [3.63, 3.8) is 0 Å². The first-order chi connectivity index (χ1) is 18.3. The van der Waals surface area contributed by atoms with E-state index >= 15 is 0 Å². The summed E-state index contributed by atoms with van der Waals surface area (Å²) in [7, 11) is 1.87. The van der Waals surface area contributed by atoms with Crippen LogP contribution in [0.1, 0.15) is 5.56 Å². The number of alkyl halides is 3. The van der Waals surface area contributed by atoms with Crippen LogP contribution in [0.3, 0.4) is 0 Å². The summed E-state index contributed by atoms with van der Waals surface area (Å²) in [6, 6.07) is 22.5. The molecule has 9 heteroatoms. The predicted molar refractivity (Wildman–Crippen MR) is 141 cm³/mol. The van der Waals surface area contributed by atoms with Gasteiger partial charge in [0.1, 0.15) is 5.75 Å². The highest BCUT2D eigenvalue weighted by molar-refractivity contribution is 5.97. The van der Waals surface area contributed by atoms with Gasteiger partial charge in [0.15, 0.2) is 0 Å². The summed E-state index contributed by atoms with van der Waals surface area (Å²) in [6.45, 7) is 0. The maximum Gasteiger partial charge on any atom is 0.573 e. The normalized spacial score (nSPS) is 11.4. The zero-order chi connectivity index (χ0) is 26.7. The quantitative estimate of drug-likeness (QED) is 0.243. The van der Waals surface area contributed by atoms with Gasteiger partial charge in [-0.25, -0.2) is 0 Å². The van der Waals surface area contributed by atoms with Crippen molar-refractivity contribution < 1.29 is 22.7 Å². The van der Waals surface area contributed by atoms with Crippen LogP contribution in [0.25, 0.3) is 22.0 Å². The Labute approximate surface area is 216 Å². The molecule has 2 aromatic heterocycles. The number of rotatable bonds is 7. The van der Waals surface area contributed by atoms with Crippen LogP contribution in [0.5, 0.6) is 5.75 Å². The standard InChI is InChI=1S/C29H23F3N4O2/c1-36(22-5-4-14-33-18-22)27-13-10-21(16-25(27)19-8-11-23(12-9-19)38-29(30,31)32)35-28(37)15-20-17-34-26-7-3-2-6-24(20)26/h2-14,16-18,34H,15H2,1H3,(H,35,37). The molecule has 0 saturated carbocycles. The van der Waals surface area contributed by atoms with E-state index in [4.69, 9.17) is 0 Å². The molecule has 0 aliphatic carbocycles. The van der Waals surface area contributed by atoms with Crippen molar-refractivity contribution in [3.05, 3.63) is 103 Å². The van der Waals surface area contributed by atoms with Gasteiger partial charge < -0.3 is 19.9 Å². The van der Waals surface area contributed by atoms with Gasteiger partial charge in [0.25, 0.3) is 0 Å². The number of aromatic amines is 1. The Balaban J connectivity index is 1.45. The largest absolute Gasteiger partial charge is 0.573 e. The van der Waals surface area contributed by atoms with Gasteiger partial charge in [0.2, 0.25) is 5.91 Å². The van der Waals surface area contributed by atoms with E-state index in [2.05, 4.69) is 20.0 Å². The number of carbonyl (C=O) groups excluding carboxylic acids is 1. The SMILES string of the molecule is CN(c1cccnc1)c1ccc(NC(=O)Cc2c[nH]c3ccccc23)cc1-c1ccc(OC(F)(F)F)cc1. The topological polar surface area (TPSA) is 70.2 Å². The Bertz CT molecular complexity index is 1560. The molecule has 3 aromatic carbocycles. The summed E-state index contributed by atoms with van der Waals surface area (Å²) >= 11 is 0. The minimum atomic E-state index is -4.78. The number of para-hydroxylation sites is 1. The first-order valence-corrected chi connectivity index (χ1v) is 11.8. The number of halogens is 3. The molecule has 1 amide bonds. The first-order valence-electron chi connectivity index (χ1n) is 11.8. The number of ether oxygens (including phenoxy) is 1. The average Bonchev–Trinajstić information content (AvgIpc) is 3.31. The number of carbonyl (C=O) groups is 1. The smallest absolute Gasteiger partial charge is 0.406 e. The first kappa shape index (κ1) is 24.9. The molecule has 0 saturated heterocycles. The van der Waals surface area contributed by atoms with Gasteiger partial charge in [-0.05, 0) is 59.7 Å². The van der Waals surface area contributed by atoms with E-state index in [1.54, 1.807) is 36.7 Å². The Morgan fingerprint density at radius 1 is 1.03 bits per heavy atom. The minimum Gasteiger partial charge on any atom is -0.406 e. The molecule has 38 heavy (non-hydrogen) atoms. The Morgan fingerprint density at radius 3 is 2.55 bits per heavy atom. The molecule has 0 atom stereocenters. The van der Waals surface area contributed by atoms with Crippen molar-refractivity contribution in [1.82, 2.24) is 9.97 Å². The van der Waals surface area contributed by atoms with Gasteiger partial charge in [-0.1, -0.05) is 30.3 Å². The van der Waals surface area contributed by atoms with Gasteiger partial charge >= 0.3 is 6.36 Å². The number of hydrogen-bond acceptors (Lipinski definition) is 4. The number of pyridine rings is 1. The molecule has 0 unspecified atom stereocenters. The molecule has 0 aliphatic rings. The van der Waals surface area contributed by atoms with Crippen LogP contribution in [0.2, 0.25) is 0 Å². The average molecular weight is 517 g/mol. The van der Waals surface area contributed by atoms with Gasteiger partial charge in [-0.15, -0.1) is 13.2 Å². The summed E-state index contributed by atoms with van der Waals surface area (Å²) in [6.07, 6.45) is 0.611. The summed E-state index contributed by atoms with van der Waals surface area (Å²) in [4.78, 5) is 22.2. The molecule has 5 aromatic rings. The summed E-state index contributed by atoms with van der Waals surface area (Å²) in [5, 5.41) is 3.93. The monoisotopic (exact) mass is 516 g/mol. The molecule has 0 radical (unpaired) electrons. The van der Waals surface area contributed by atoms with E-state index in [0.717, 1.165) is 27.8 Å². The Kier molecular flexibility index (Phi) is 6.74. The molecule has 192 valence electrons. The van der Waals surface area contributed by atoms with Crippen molar-refractivity contribution in [1.29, 1.82) is 0 Å². The molecule has 2 N–H and O–H groups in total. The molecule has 6 nitrogen and oxygen atoms in total. The van der Waals surface area contributed by atoms with E-state index in [1.807, 2.05) is 60.6 Å². The lowest BCUT2D eigenvalue weighted by molar-refractivity contribution is -0.274. The van der Waals surface area contributed by atoms with Gasteiger partial charge in [-0.3, -0.25) is 9.78 Å². The summed E-state index contributed by atoms with van der Waals surface area (Å²) < 4.78 is 41.9. The molecule has 0 fully saturated rings. The van der Waals surface area contributed by atoms with E-state index in [-0.39, 0.29) is 18.1 Å². The highest BCUT2D eigenvalue weighted by Crippen LogP contribution is 2.37. The van der Waals surface area contributed by atoms with Crippen molar-refractivity contribution in [2.45, 2.75) is 12.8 Å². The predicted octanol–water partition coefficient (Wildman–Crippen LogP) is 7.08. The van der Waals surface area contributed by atoms with E-state index < -0.39 is 6.36 Å². The number of anilines is 3. The highest BCUT2D eigenvalue weighted by atomic mass is 19.4. The zero-order valence-corrected chi connectivity index (χ0v) is 20.3. The second-order valence-electron chi connectivity index (χ2n) is 8.66. The van der Waals surface area contributed by atoms with Crippen LogP contribution in [-0.4, -0.2) is 29.3 Å². The lowest BCUT2D eigenvalue weighted by Crippen LogP contribution is -2.17. The van der Waals surface area contributed by atoms with Gasteiger partial charge in [-0.2, -0.15) is 0 Å². The fourth-order valence-electron chi connectivity index (χ4n) is 4.32. The third kappa shape index (κ3) is 5.62. The number of H-pyrrole nitrogens is 1. The van der Waals surface area contributed by atoms with Crippen LogP contribution in [-0.2, 0) is 11.2 Å². The molecular weight excluding hydrogens is 493 g/mol. The lowest BCUT2D eigenvalue weighted by atomic mass is 10.0. The third-order valence-electron chi connectivity index (χ3n) is 6.10. The molecule has 0 spiro atoms. The van der Waals surface area contributed by atoms with Crippen molar-refractivity contribution in [3.8, 4) is 16.9 Å². The van der Waals surface area contributed by atoms with Crippen LogP contribution in [0.15, 0.2) is 97.5 Å². The number of benzene rings is 3. The minimum absolute atomic E-state index is 0.181. The lowest BCUT2D eigenvalue weighted by Gasteiger charge is -2.23.